The average molecular weight is 511 g/mol. The summed E-state index contributed by atoms with van der Waals surface area (Å²) >= 11 is 0. The van der Waals surface area contributed by atoms with E-state index < -0.39 is 47.5 Å². The first-order chi connectivity index (χ1) is 16.6. The van der Waals surface area contributed by atoms with E-state index in [1.54, 1.807) is 6.92 Å². The first-order valence-corrected chi connectivity index (χ1v) is 12.9. The van der Waals surface area contributed by atoms with Gasteiger partial charge in [-0.05, 0) is 50.9 Å². The zero-order valence-corrected chi connectivity index (χ0v) is 23.3. The molecule has 36 heavy (non-hydrogen) atoms. The standard InChI is InChI=1S/C26H46N4O6/c1-14(2)10-19(22(32)26(9)13-36-26)29-25(35)21(12-16(5)6)30-23(33)17(7)27-24(34)20(11-15(3)4)28-18(8)31/h14-17,19-21H,10-13H2,1-9H3,(H,27,34)(H,28,31)(H,29,35)(H,30,33)/t17-,19-,20-,21-,26?/m0/s1. The Morgan fingerprint density at radius 1 is 0.667 bits per heavy atom. The van der Waals surface area contributed by atoms with Gasteiger partial charge >= 0.3 is 0 Å². The number of carbonyl (C=O) groups is 5. The van der Waals surface area contributed by atoms with Gasteiger partial charge in [0, 0.05) is 6.92 Å². The highest BCUT2D eigenvalue weighted by molar-refractivity contribution is 5.98. The first-order valence-electron chi connectivity index (χ1n) is 12.9. The SMILES string of the molecule is CC(=O)N[C@@H](CC(C)C)C(=O)N[C@@H](C)C(=O)N[C@@H](CC(C)C)C(=O)N[C@@H](CC(C)C)C(=O)C1(C)CO1. The van der Waals surface area contributed by atoms with Gasteiger partial charge in [0.15, 0.2) is 5.78 Å². The molecule has 1 unspecified atom stereocenters. The van der Waals surface area contributed by atoms with Crippen LogP contribution >= 0.6 is 0 Å². The van der Waals surface area contributed by atoms with Crippen LogP contribution in [0.4, 0.5) is 0 Å². The summed E-state index contributed by atoms with van der Waals surface area (Å²) in [5.41, 5.74) is -0.872. The van der Waals surface area contributed by atoms with Gasteiger partial charge in [-0.15, -0.1) is 0 Å². The monoisotopic (exact) mass is 510 g/mol. The molecule has 1 aliphatic rings. The molecule has 5 atom stereocenters. The van der Waals surface area contributed by atoms with Crippen molar-refractivity contribution in [3.05, 3.63) is 0 Å². The van der Waals surface area contributed by atoms with Crippen molar-refractivity contribution in [3.8, 4) is 0 Å². The van der Waals surface area contributed by atoms with Crippen LogP contribution in [-0.2, 0) is 28.7 Å². The Labute approximate surface area is 215 Å². The molecule has 1 rings (SSSR count). The second-order valence-corrected chi connectivity index (χ2v) is 11.4. The zero-order chi connectivity index (χ0) is 27.8. The third-order valence-electron chi connectivity index (χ3n) is 5.93. The minimum atomic E-state index is -0.935. The fourth-order valence-corrected chi connectivity index (χ4v) is 3.92. The maximum atomic E-state index is 13.2. The molecule has 4 N–H and O–H groups in total. The number of rotatable bonds is 15. The van der Waals surface area contributed by atoms with Gasteiger partial charge in [-0.3, -0.25) is 24.0 Å². The van der Waals surface area contributed by atoms with Crippen LogP contribution in [0.5, 0.6) is 0 Å². The molecule has 206 valence electrons. The quantitative estimate of drug-likeness (QED) is 0.245. The van der Waals surface area contributed by atoms with Gasteiger partial charge in [-0.25, -0.2) is 0 Å². The molecular weight excluding hydrogens is 464 g/mol. The Kier molecular flexibility index (Phi) is 12.0. The molecule has 1 heterocycles. The molecule has 4 amide bonds. The summed E-state index contributed by atoms with van der Waals surface area (Å²) in [4.78, 5) is 63.3. The van der Waals surface area contributed by atoms with Gasteiger partial charge in [0.1, 0.15) is 23.7 Å². The fourth-order valence-electron chi connectivity index (χ4n) is 3.92. The zero-order valence-electron chi connectivity index (χ0n) is 23.3. The molecule has 0 bridgehead atoms. The minimum Gasteiger partial charge on any atom is -0.361 e. The van der Waals surface area contributed by atoms with Gasteiger partial charge in [-0.2, -0.15) is 0 Å². The van der Waals surface area contributed by atoms with Gasteiger partial charge in [-0.1, -0.05) is 41.5 Å². The third-order valence-corrected chi connectivity index (χ3v) is 5.93. The highest BCUT2D eigenvalue weighted by Gasteiger charge is 2.50. The normalized spacial score (nSPS) is 20.3. The van der Waals surface area contributed by atoms with Crippen molar-refractivity contribution in [2.75, 3.05) is 6.61 Å². The summed E-state index contributed by atoms with van der Waals surface area (Å²) in [5.74, 6) is -1.55. The molecule has 0 aliphatic carbocycles. The van der Waals surface area contributed by atoms with E-state index >= 15 is 0 Å². The smallest absolute Gasteiger partial charge is 0.243 e. The Hall–Kier alpha value is -2.49. The highest BCUT2D eigenvalue weighted by atomic mass is 16.6. The molecule has 0 aromatic rings. The number of ether oxygens (including phenoxy) is 1. The molecule has 0 aromatic heterocycles. The van der Waals surface area contributed by atoms with Crippen LogP contribution in [0.2, 0.25) is 0 Å². The van der Waals surface area contributed by atoms with Gasteiger partial charge in [0.2, 0.25) is 23.6 Å². The Balaban J connectivity index is 2.90. The topological polar surface area (TPSA) is 146 Å². The van der Waals surface area contributed by atoms with Crippen LogP contribution < -0.4 is 21.3 Å². The minimum absolute atomic E-state index is 0.0877. The second-order valence-electron chi connectivity index (χ2n) is 11.4. The van der Waals surface area contributed by atoms with E-state index in [4.69, 9.17) is 4.74 Å². The fraction of sp³-hybridized carbons (Fsp3) is 0.808. The summed E-state index contributed by atoms with van der Waals surface area (Å²) in [6.07, 6.45) is 1.24. The number of amides is 4. The maximum Gasteiger partial charge on any atom is 0.243 e. The van der Waals surface area contributed by atoms with Gasteiger partial charge in [0.05, 0.1) is 12.6 Å². The summed E-state index contributed by atoms with van der Waals surface area (Å²) in [5, 5.41) is 10.8. The summed E-state index contributed by atoms with van der Waals surface area (Å²) < 4.78 is 5.29. The number of Topliss-reactive ketones (excluding diaryl/α,β-unsaturated/α-hetero) is 1. The summed E-state index contributed by atoms with van der Waals surface area (Å²) in [6, 6.07) is -3.30. The molecule has 0 saturated carbocycles. The van der Waals surface area contributed by atoms with Crippen molar-refractivity contribution in [3.63, 3.8) is 0 Å². The molecule has 1 aliphatic heterocycles. The highest BCUT2D eigenvalue weighted by Crippen LogP contribution is 2.29. The predicted octanol–water partition coefficient (Wildman–Crippen LogP) is 1.46. The van der Waals surface area contributed by atoms with Crippen molar-refractivity contribution in [2.24, 2.45) is 17.8 Å². The third kappa shape index (κ3) is 10.6. The van der Waals surface area contributed by atoms with Crippen LogP contribution in [-0.4, -0.2) is 65.8 Å². The number of carbonyl (C=O) groups excluding carboxylic acids is 5. The Morgan fingerprint density at radius 2 is 1.06 bits per heavy atom. The number of nitrogens with one attached hydrogen (secondary N) is 4. The van der Waals surface area contributed by atoms with E-state index in [1.165, 1.54) is 13.8 Å². The van der Waals surface area contributed by atoms with Crippen molar-refractivity contribution >= 4 is 29.4 Å². The lowest BCUT2D eigenvalue weighted by atomic mass is 9.92. The van der Waals surface area contributed by atoms with E-state index in [0.29, 0.717) is 25.9 Å². The van der Waals surface area contributed by atoms with E-state index in [1.807, 2.05) is 41.5 Å². The van der Waals surface area contributed by atoms with E-state index in [2.05, 4.69) is 21.3 Å². The summed E-state index contributed by atoms with van der Waals surface area (Å²) in [6.45, 7) is 16.5. The lowest BCUT2D eigenvalue weighted by molar-refractivity contribution is -0.135. The molecule has 10 nitrogen and oxygen atoms in total. The van der Waals surface area contributed by atoms with Crippen LogP contribution in [0, 0.1) is 17.8 Å². The number of hydrogen-bond acceptors (Lipinski definition) is 6. The van der Waals surface area contributed by atoms with Crippen molar-refractivity contribution in [1.82, 2.24) is 21.3 Å². The first kappa shape index (κ1) is 31.5. The number of hydrogen-bond donors (Lipinski definition) is 4. The van der Waals surface area contributed by atoms with Crippen LogP contribution in [0.3, 0.4) is 0 Å². The molecule has 0 radical (unpaired) electrons. The number of epoxide rings is 1. The van der Waals surface area contributed by atoms with Crippen LogP contribution in [0.15, 0.2) is 0 Å². The molecule has 0 spiro atoms. The van der Waals surface area contributed by atoms with Crippen molar-refractivity contribution < 1.29 is 28.7 Å². The van der Waals surface area contributed by atoms with E-state index in [9.17, 15) is 24.0 Å². The molecule has 1 fully saturated rings. The Bertz CT molecular complexity index is 806. The maximum absolute atomic E-state index is 13.2. The molecule has 0 aromatic carbocycles. The van der Waals surface area contributed by atoms with Crippen LogP contribution in [0.25, 0.3) is 0 Å². The average Bonchev–Trinajstić information content (AvgIpc) is 3.48. The van der Waals surface area contributed by atoms with Gasteiger partial charge in [0.25, 0.3) is 0 Å². The number of ketones is 1. The van der Waals surface area contributed by atoms with Crippen molar-refractivity contribution in [1.29, 1.82) is 0 Å². The summed E-state index contributed by atoms with van der Waals surface area (Å²) in [7, 11) is 0. The largest absolute Gasteiger partial charge is 0.361 e. The molecule has 10 heteroatoms. The molecular formula is C26H46N4O6. The Morgan fingerprint density at radius 3 is 1.47 bits per heavy atom. The lowest BCUT2D eigenvalue weighted by Crippen LogP contribution is -2.57. The van der Waals surface area contributed by atoms with Gasteiger partial charge < -0.3 is 26.0 Å². The predicted molar refractivity (Wildman–Crippen MR) is 137 cm³/mol. The second kappa shape index (κ2) is 13.7. The van der Waals surface area contributed by atoms with Crippen LogP contribution in [0.1, 0.15) is 81.6 Å². The lowest BCUT2D eigenvalue weighted by Gasteiger charge is -2.27. The van der Waals surface area contributed by atoms with E-state index in [0.717, 1.165) is 0 Å². The molecule has 1 saturated heterocycles. The van der Waals surface area contributed by atoms with E-state index in [-0.39, 0.29) is 29.4 Å². The van der Waals surface area contributed by atoms with Crippen molar-refractivity contribution in [2.45, 2.75) is 111 Å².